The molecule has 0 saturated heterocycles. The van der Waals surface area contributed by atoms with E-state index < -0.39 is 0 Å². The van der Waals surface area contributed by atoms with Gasteiger partial charge in [-0.3, -0.25) is 0 Å². The van der Waals surface area contributed by atoms with Crippen molar-refractivity contribution in [2.45, 2.75) is 85.5 Å². The minimum Gasteiger partial charge on any atom is -0.504 e. The number of hydrogen-bond donors (Lipinski definition) is 2. The largest absolute Gasteiger partial charge is 0.504 e. The first-order valence-corrected chi connectivity index (χ1v) is 10.6. The zero-order valence-electron chi connectivity index (χ0n) is 17.6. The molecule has 0 radical (unpaired) electrons. The lowest BCUT2D eigenvalue weighted by Gasteiger charge is -2.22. The highest BCUT2D eigenvalue weighted by Gasteiger charge is 2.27. The van der Waals surface area contributed by atoms with Gasteiger partial charge in [0, 0.05) is 5.56 Å². The Hall–Kier alpha value is -1.78. The first-order chi connectivity index (χ1) is 13.1. The van der Waals surface area contributed by atoms with Crippen LogP contribution in [0.4, 0.5) is 0 Å². The van der Waals surface area contributed by atoms with Crippen molar-refractivity contribution in [3.63, 3.8) is 0 Å². The molecule has 0 aliphatic heterocycles. The summed E-state index contributed by atoms with van der Waals surface area (Å²) in [6.45, 7) is 9.67. The van der Waals surface area contributed by atoms with Crippen molar-refractivity contribution in [2.24, 2.45) is 0 Å². The van der Waals surface area contributed by atoms with Gasteiger partial charge in [-0.05, 0) is 32.1 Å². The van der Waals surface area contributed by atoms with Crippen LogP contribution in [-0.4, -0.2) is 30.0 Å². The molecule has 0 aromatic heterocycles. The molecule has 0 spiro atoms. The predicted molar refractivity (Wildman–Crippen MR) is 110 cm³/mol. The van der Waals surface area contributed by atoms with E-state index in [9.17, 15) is 10.2 Å². The number of benzene rings is 1. The number of aromatic hydroxyl groups is 2. The monoisotopic (exact) mass is 382 g/mol. The maximum absolute atomic E-state index is 10.6. The smallest absolute Gasteiger partial charge is 0.211 e. The first kappa shape index (κ1) is 23.3. The van der Waals surface area contributed by atoms with E-state index in [1.165, 1.54) is 19.3 Å². The fourth-order valence-electron chi connectivity index (χ4n) is 2.87. The normalized spacial score (nSPS) is 10.8. The zero-order chi connectivity index (χ0) is 20.1. The number of phenols is 2. The quantitative estimate of drug-likeness (QED) is 0.289. The Morgan fingerprint density at radius 3 is 1.63 bits per heavy atom. The molecule has 0 unspecified atom stereocenters. The number of unbranched alkanes of at least 4 members (excludes halogenated alkanes) is 4. The van der Waals surface area contributed by atoms with Crippen LogP contribution in [0.1, 0.15) is 84.6 Å². The standard InChI is InChI=1S/C22H38O5/c1-5-9-10-11-12-13-17-18(23)19(24)21(26-15-7-3)22(27-16-8-4)20(17)25-14-6-2/h23-24H,5-16H2,1-4H3. The topological polar surface area (TPSA) is 68.2 Å². The van der Waals surface area contributed by atoms with Gasteiger partial charge in [0.1, 0.15) is 0 Å². The highest BCUT2D eigenvalue weighted by molar-refractivity contribution is 5.69. The Balaban J connectivity index is 3.25. The van der Waals surface area contributed by atoms with Crippen molar-refractivity contribution in [1.29, 1.82) is 0 Å². The summed E-state index contributed by atoms with van der Waals surface area (Å²) in [4.78, 5) is 0. The number of phenolic OH excluding ortho intramolecular Hbond substituents is 2. The molecule has 0 aliphatic rings. The highest BCUT2D eigenvalue weighted by atomic mass is 16.5. The van der Waals surface area contributed by atoms with Gasteiger partial charge in [-0.15, -0.1) is 0 Å². The zero-order valence-corrected chi connectivity index (χ0v) is 17.6. The molecule has 5 nitrogen and oxygen atoms in total. The Kier molecular flexibility index (Phi) is 11.5. The van der Waals surface area contributed by atoms with Gasteiger partial charge in [-0.25, -0.2) is 0 Å². The van der Waals surface area contributed by atoms with Crippen LogP contribution < -0.4 is 14.2 Å². The minimum absolute atomic E-state index is 0.147. The second kappa shape index (κ2) is 13.4. The van der Waals surface area contributed by atoms with Crippen molar-refractivity contribution >= 4 is 0 Å². The van der Waals surface area contributed by atoms with Crippen molar-refractivity contribution in [3.8, 4) is 28.7 Å². The molecule has 0 bridgehead atoms. The molecule has 0 heterocycles. The number of ether oxygens (including phenoxy) is 3. The average molecular weight is 383 g/mol. The molecule has 2 N–H and O–H groups in total. The van der Waals surface area contributed by atoms with E-state index in [1.54, 1.807) is 0 Å². The van der Waals surface area contributed by atoms with E-state index in [1.807, 2.05) is 20.8 Å². The van der Waals surface area contributed by atoms with Crippen molar-refractivity contribution in [2.75, 3.05) is 19.8 Å². The SMILES string of the molecule is CCCCCCCc1c(O)c(O)c(OCCC)c(OCCC)c1OCCC. The summed E-state index contributed by atoms with van der Waals surface area (Å²) in [6.07, 6.45) is 8.69. The van der Waals surface area contributed by atoms with Crippen molar-refractivity contribution in [1.82, 2.24) is 0 Å². The third-order valence-electron chi connectivity index (χ3n) is 4.29. The second-order valence-corrected chi connectivity index (χ2v) is 6.87. The van der Waals surface area contributed by atoms with E-state index in [4.69, 9.17) is 14.2 Å². The third kappa shape index (κ3) is 7.04. The molecule has 5 heteroatoms. The maximum atomic E-state index is 10.6. The van der Waals surface area contributed by atoms with Gasteiger partial charge in [0.2, 0.25) is 17.2 Å². The molecule has 1 aromatic carbocycles. The first-order valence-electron chi connectivity index (χ1n) is 10.6. The number of rotatable bonds is 15. The fraction of sp³-hybridized carbons (Fsp3) is 0.727. The van der Waals surface area contributed by atoms with Gasteiger partial charge in [0.25, 0.3) is 0 Å². The van der Waals surface area contributed by atoms with E-state index in [-0.39, 0.29) is 17.2 Å². The minimum atomic E-state index is -0.248. The molecule has 1 rings (SSSR count). The molecule has 0 amide bonds. The summed E-state index contributed by atoms with van der Waals surface area (Å²) >= 11 is 0. The van der Waals surface area contributed by atoms with Crippen LogP contribution >= 0.6 is 0 Å². The summed E-state index contributed by atoms with van der Waals surface area (Å²) in [6, 6.07) is 0. The van der Waals surface area contributed by atoms with E-state index >= 15 is 0 Å². The van der Waals surface area contributed by atoms with Crippen LogP contribution in [0, 0.1) is 0 Å². The van der Waals surface area contributed by atoms with Crippen molar-refractivity contribution in [3.05, 3.63) is 5.56 Å². The van der Waals surface area contributed by atoms with Crippen molar-refractivity contribution < 1.29 is 24.4 Å². The van der Waals surface area contributed by atoms with Crippen LogP contribution in [0.3, 0.4) is 0 Å². The molecule has 156 valence electrons. The van der Waals surface area contributed by atoms with Gasteiger partial charge < -0.3 is 24.4 Å². The molecule has 0 atom stereocenters. The molecule has 0 saturated carbocycles. The Morgan fingerprint density at radius 2 is 1.07 bits per heavy atom. The molecule has 1 aromatic rings. The lowest BCUT2D eigenvalue weighted by atomic mass is 10.0. The Bertz CT molecular complexity index is 542. The maximum Gasteiger partial charge on any atom is 0.211 e. The summed E-state index contributed by atoms with van der Waals surface area (Å²) < 4.78 is 17.6. The summed E-state index contributed by atoms with van der Waals surface area (Å²) in [5, 5.41) is 21.2. The fourth-order valence-corrected chi connectivity index (χ4v) is 2.87. The lowest BCUT2D eigenvalue weighted by molar-refractivity contribution is 0.230. The highest BCUT2D eigenvalue weighted by Crippen LogP contribution is 2.53. The Labute approximate surface area is 164 Å². The van der Waals surface area contributed by atoms with E-state index in [2.05, 4.69) is 6.92 Å². The molecular formula is C22H38O5. The van der Waals surface area contributed by atoms with E-state index in [0.29, 0.717) is 43.3 Å². The molecule has 0 fully saturated rings. The molecule has 27 heavy (non-hydrogen) atoms. The van der Waals surface area contributed by atoms with Crippen LogP contribution in [0.2, 0.25) is 0 Å². The molecular weight excluding hydrogens is 344 g/mol. The van der Waals surface area contributed by atoms with E-state index in [0.717, 1.165) is 32.1 Å². The van der Waals surface area contributed by atoms with Gasteiger partial charge in [0.15, 0.2) is 11.5 Å². The second-order valence-electron chi connectivity index (χ2n) is 6.87. The van der Waals surface area contributed by atoms with Gasteiger partial charge in [-0.1, -0.05) is 53.4 Å². The number of hydrogen-bond acceptors (Lipinski definition) is 5. The van der Waals surface area contributed by atoms with Crippen LogP contribution in [0.15, 0.2) is 0 Å². The van der Waals surface area contributed by atoms with Gasteiger partial charge >= 0.3 is 0 Å². The molecule has 0 aliphatic carbocycles. The van der Waals surface area contributed by atoms with Crippen LogP contribution in [0.25, 0.3) is 0 Å². The average Bonchev–Trinajstić information content (AvgIpc) is 2.67. The van der Waals surface area contributed by atoms with Gasteiger partial charge in [-0.2, -0.15) is 0 Å². The summed E-state index contributed by atoms with van der Waals surface area (Å²) in [5.41, 5.74) is 0.618. The summed E-state index contributed by atoms with van der Waals surface area (Å²) in [5.74, 6) is 0.719. The predicted octanol–water partition coefficient (Wildman–Crippen LogP) is 5.98. The van der Waals surface area contributed by atoms with Crippen LogP contribution in [0.5, 0.6) is 28.7 Å². The summed E-state index contributed by atoms with van der Waals surface area (Å²) in [7, 11) is 0. The van der Waals surface area contributed by atoms with Crippen LogP contribution in [-0.2, 0) is 6.42 Å². The third-order valence-corrected chi connectivity index (χ3v) is 4.29. The lowest BCUT2D eigenvalue weighted by Crippen LogP contribution is -2.08. The Morgan fingerprint density at radius 1 is 0.556 bits per heavy atom. The van der Waals surface area contributed by atoms with Gasteiger partial charge in [0.05, 0.1) is 19.8 Å².